The number of primary amides is 1. The molecule has 2 N–H and O–H groups in total. The van der Waals surface area contributed by atoms with E-state index in [1.807, 2.05) is 6.07 Å². The zero-order chi connectivity index (χ0) is 25.1. The summed E-state index contributed by atoms with van der Waals surface area (Å²) < 4.78 is 62.8. The first-order valence-electron chi connectivity index (χ1n) is 11.1. The standard InChI is InChI=1S/C23H26F4N4O3/c1-21(24,25)18-16(9-13-3-5-23(26,27)6-4-13)30-15(12-28)10-14(19(29)32)11-17(30)31(18)22(7-8-22)20(33)34-2/h10-11,13,15H,3-9H2,1-2H3,(H2,29,32). The summed E-state index contributed by atoms with van der Waals surface area (Å²) in [6, 6.07) is 0.867. The lowest BCUT2D eigenvalue weighted by Crippen LogP contribution is -2.47. The van der Waals surface area contributed by atoms with Crippen LogP contribution in [0.2, 0.25) is 0 Å². The van der Waals surface area contributed by atoms with Crippen LogP contribution in [0, 0.1) is 17.2 Å². The molecule has 1 atom stereocenters. The van der Waals surface area contributed by atoms with Crippen LogP contribution in [0.3, 0.4) is 0 Å². The number of carbonyl (C=O) groups is 2. The van der Waals surface area contributed by atoms with Gasteiger partial charge in [0.25, 0.3) is 5.92 Å². The van der Waals surface area contributed by atoms with Gasteiger partial charge in [-0.1, -0.05) is 0 Å². The highest BCUT2D eigenvalue weighted by atomic mass is 19.3. The Morgan fingerprint density at radius 1 is 1.26 bits per heavy atom. The van der Waals surface area contributed by atoms with Gasteiger partial charge >= 0.3 is 5.97 Å². The maximum absolute atomic E-state index is 15.2. The average molecular weight is 482 g/mol. The fourth-order valence-electron chi connectivity index (χ4n) is 5.21. The summed E-state index contributed by atoms with van der Waals surface area (Å²) in [5.74, 6) is -8.01. The Balaban J connectivity index is 1.86. The number of methoxy groups -OCH3 is 1. The largest absolute Gasteiger partial charge is 0.467 e. The number of allylic oxidation sites excluding steroid dienone is 2. The quantitative estimate of drug-likeness (QED) is 0.459. The highest BCUT2D eigenvalue weighted by Crippen LogP contribution is 2.56. The Hall–Kier alpha value is -3.03. The average Bonchev–Trinajstić information content (AvgIpc) is 3.50. The topological polar surface area (TPSA) is 99.7 Å². The summed E-state index contributed by atoms with van der Waals surface area (Å²) in [5.41, 5.74) is 3.60. The van der Waals surface area contributed by atoms with E-state index >= 15 is 8.78 Å². The summed E-state index contributed by atoms with van der Waals surface area (Å²) in [6.07, 6.45) is 2.70. The summed E-state index contributed by atoms with van der Waals surface area (Å²) in [7, 11) is 1.16. The van der Waals surface area contributed by atoms with Crippen LogP contribution in [0.25, 0.3) is 0 Å². The minimum Gasteiger partial charge on any atom is -0.467 e. The number of fused-ring (bicyclic) bond motifs is 1. The van der Waals surface area contributed by atoms with Crippen LogP contribution in [-0.4, -0.2) is 52.2 Å². The molecule has 1 unspecified atom stereocenters. The number of amides is 1. The molecular weight excluding hydrogens is 456 g/mol. The van der Waals surface area contributed by atoms with Gasteiger partial charge in [0, 0.05) is 31.0 Å². The van der Waals surface area contributed by atoms with E-state index in [0.29, 0.717) is 6.92 Å². The van der Waals surface area contributed by atoms with Crippen molar-refractivity contribution in [1.82, 2.24) is 9.80 Å². The van der Waals surface area contributed by atoms with Crippen LogP contribution in [0.1, 0.15) is 51.9 Å². The molecule has 11 heteroatoms. The van der Waals surface area contributed by atoms with Crippen molar-refractivity contribution in [2.45, 2.75) is 75.3 Å². The number of halogens is 4. The van der Waals surface area contributed by atoms with Crippen molar-refractivity contribution in [2.75, 3.05) is 7.11 Å². The summed E-state index contributed by atoms with van der Waals surface area (Å²) in [5, 5.41) is 9.84. The minimum atomic E-state index is -3.44. The molecular formula is C23H26F4N4O3. The molecule has 0 aromatic carbocycles. The number of nitrogens with two attached hydrogens (primary N) is 1. The van der Waals surface area contributed by atoms with Gasteiger partial charge in [0.05, 0.1) is 13.2 Å². The van der Waals surface area contributed by atoms with Gasteiger partial charge in [-0.15, -0.1) is 0 Å². The van der Waals surface area contributed by atoms with Crippen LogP contribution in [0.15, 0.2) is 34.9 Å². The highest BCUT2D eigenvalue weighted by Gasteiger charge is 2.64. The molecule has 4 aliphatic rings. The maximum Gasteiger partial charge on any atom is 0.332 e. The Morgan fingerprint density at radius 2 is 1.88 bits per heavy atom. The third-order valence-electron chi connectivity index (χ3n) is 7.03. The third-order valence-corrected chi connectivity index (χ3v) is 7.03. The molecule has 2 heterocycles. The van der Waals surface area contributed by atoms with E-state index in [-0.39, 0.29) is 68.0 Å². The minimum absolute atomic E-state index is 0.0257. The van der Waals surface area contributed by atoms with Crippen molar-refractivity contribution < 1.29 is 31.9 Å². The number of carbonyl (C=O) groups excluding carboxylic acids is 2. The highest BCUT2D eigenvalue weighted by molar-refractivity contribution is 5.95. The number of nitriles is 1. The van der Waals surface area contributed by atoms with Gasteiger partial charge in [0.15, 0.2) is 0 Å². The molecule has 0 bridgehead atoms. The molecule has 2 fully saturated rings. The number of esters is 1. The van der Waals surface area contributed by atoms with Gasteiger partial charge in [-0.05, 0) is 50.2 Å². The van der Waals surface area contributed by atoms with Gasteiger partial charge in [0.2, 0.25) is 11.8 Å². The maximum atomic E-state index is 15.2. The molecule has 0 spiro atoms. The van der Waals surface area contributed by atoms with Gasteiger partial charge < -0.3 is 20.3 Å². The number of hydrogen-bond donors (Lipinski definition) is 1. The molecule has 2 aliphatic heterocycles. The Bertz CT molecular complexity index is 1040. The van der Waals surface area contributed by atoms with Crippen molar-refractivity contribution in [3.8, 4) is 6.07 Å². The van der Waals surface area contributed by atoms with Crippen molar-refractivity contribution in [2.24, 2.45) is 11.7 Å². The molecule has 0 aromatic rings. The van der Waals surface area contributed by atoms with Crippen molar-refractivity contribution in [3.05, 3.63) is 34.9 Å². The zero-order valence-corrected chi connectivity index (χ0v) is 18.9. The van der Waals surface area contributed by atoms with Gasteiger partial charge in [-0.3, -0.25) is 4.79 Å². The predicted octanol–water partition coefficient (Wildman–Crippen LogP) is 3.55. The number of hydrogen-bond acceptors (Lipinski definition) is 6. The van der Waals surface area contributed by atoms with Crippen molar-refractivity contribution >= 4 is 11.9 Å². The number of alkyl halides is 4. The zero-order valence-electron chi connectivity index (χ0n) is 18.9. The molecule has 4 rings (SSSR count). The molecule has 0 radical (unpaired) electrons. The fourth-order valence-corrected chi connectivity index (χ4v) is 5.21. The van der Waals surface area contributed by atoms with Crippen LogP contribution >= 0.6 is 0 Å². The number of rotatable bonds is 6. The fraction of sp³-hybridized carbons (Fsp3) is 0.609. The third kappa shape index (κ3) is 3.93. The van der Waals surface area contributed by atoms with Crippen LogP contribution in [0.5, 0.6) is 0 Å². The van der Waals surface area contributed by atoms with E-state index in [2.05, 4.69) is 0 Å². The lowest BCUT2D eigenvalue weighted by Gasteiger charge is -2.37. The molecule has 0 saturated heterocycles. The van der Waals surface area contributed by atoms with Crippen LogP contribution in [0.4, 0.5) is 17.6 Å². The van der Waals surface area contributed by atoms with E-state index in [4.69, 9.17) is 10.5 Å². The molecule has 2 saturated carbocycles. The monoisotopic (exact) mass is 482 g/mol. The molecule has 2 aliphatic carbocycles. The Labute approximate surface area is 194 Å². The normalized spacial score (nSPS) is 25.9. The van der Waals surface area contributed by atoms with Gasteiger partial charge in [-0.2, -0.15) is 14.0 Å². The molecule has 34 heavy (non-hydrogen) atoms. The molecule has 1 amide bonds. The Kier molecular flexibility index (Phi) is 5.69. The summed E-state index contributed by atoms with van der Waals surface area (Å²) >= 11 is 0. The number of ether oxygens (including phenoxy) is 1. The molecule has 0 aromatic heterocycles. The predicted molar refractivity (Wildman–Crippen MR) is 112 cm³/mol. The second kappa shape index (κ2) is 8.03. The van der Waals surface area contributed by atoms with E-state index in [1.165, 1.54) is 22.0 Å². The van der Waals surface area contributed by atoms with Crippen LogP contribution in [-0.2, 0) is 14.3 Å². The molecule has 184 valence electrons. The second-order valence-electron chi connectivity index (χ2n) is 9.48. The number of nitrogens with zero attached hydrogens (tertiary/aromatic N) is 3. The summed E-state index contributed by atoms with van der Waals surface area (Å²) in [4.78, 5) is 27.2. The SMILES string of the molecule is COC(=O)C1(N2C3=CC(C(N)=O)=CC(C#N)N3C(CC3CCC(F)(F)CC3)=C2C(C)(F)F)CC1. The summed E-state index contributed by atoms with van der Waals surface area (Å²) in [6.45, 7) is 0.695. The molecule has 7 nitrogen and oxygen atoms in total. The van der Waals surface area contributed by atoms with E-state index in [9.17, 15) is 23.6 Å². The van der Waals surface area contributed by atoms with Crippen LogP contribution < -0.4 is 5.73 Å². The first-order chi connectivity index (χ1) is 15.8. The lowest BCUT2D eigenvalue weighted by molar-refractivity contribution is -0.148. The van der Waals surface area contributed by atoms with Gasteiger partial charge in [-0.25, -0.2) is 13.6 Å². The first-order valence-corrected chi connectivity index (χ1v) is 11.1. The van der Waals surface area contributed by atoms with Gasteiger partial charge in [0.1, 0.15) is 23.1 Å². The van der Waals surface area contributed by atoms with E-state index in [1.54, 1.807) is 0 Å². The van der Waals surface area contributed by atoms with Crippen molar-refractivity contribution in [3.63, 3.8) is 0 Å². The lowest BCUT2D eigenvalue weighted by atomic mass is 9.83. The van der Waals surface area contributed by atoms with E-state index < -0.39 is 41.0 Å². The van der Waals surface area contributed by atoms with E-state index in [0.717, 1.165) is 7.11 Å². The smallest absolute Gasteiger partial charge is 0.332 e. The van der Waals surface area contributed by atoms with Crippen molar-refractivity contribution in [1.29, 1.82) is 5.26 Å². The Morgan fingerprint density at radius 3 is 2.35 bits per heavy atom. The first kappa shape index (κ1) is 24.1. The second-order valence-corrected chi connectivity index (χ2v) is 9.48.